The van der Waals surface area contributed by atoms with Crippen molar-refractivity contribution in [1.82, 2.24) is 19.7 Å². The van der Waals surface area contributed by atoms with Crippen LogP contribution in [0.4, 0.5) is 5.82 Å². The van der Waals surface area contributed by atoms with Crippen LogP contribution in [0.25, 0.3) is 22.3 Å². The number of fused-ring (bicyclic) bond motifs is 1. The van der Waals surface area contributed by atoms with Gasteiger partial charge in [-0.3, -0.25) is 9.89 Å². The number of amides is 1. The molecular formula is C20H20N6O2. The van der Waals surface area contributed by atoms with Crippen molar-refractivity contribution >= 4 is 22.6 Å². The second kappa shape index (κ2) is 6.73. The first kappa shape index (κ1) is 17.6. The Hall–Kier alpha value is -3.81. The van der Waals surface area contributed by atoms with E-state index in [2.05, 4.69) is 15.2 Å². The number of methoxy groups -OCH3 is 1. The smallest absolute Gasteiger partial charge is 0.267 e. The van der Waals surface area contributed by atoms with Crippen LogP contribution >= 0.6 is 0 Å². The molecule has 1 amide bonds. The highest BCUT2D eigenvalue weighted by molar-refractivity contribution is 5.94. The van der Waals surface area contributed by atoms with Crippen LogP contribution in [-0.4, -0.2) is 32.8 Å². The number of aromatic nitrogens is 4. The summed E-state index contributed by atoms with van der Waals surface area (Å²) in [6.07, 6.45) is 1.50. The van der Waals surface area contributed by atoms with Gasteiger partial charge in [0, 0.05) is 10.9 Å². The Balaban J connectivity index is 1.88. The van der Waals surface area contributed by atoms with Crippen LogP contribution in [0.15, 0.2) is 48.7 Å². The van der Waals surface area contributed by atoms with E-state index in [-0.39, 0.29) is 6.04 Å². The number of nitrogens with two attached hydrogens (primary N) is 2. The zero-order valence-corrected chi connectivity index (χ0v) is 15.5. The molecule has 142 valence electrons. The number of carbonyl (C=O) groups excluding carboxylic acids is 1. The molecule has 0 aliphatic carbocycles. The maximum Gasteiger partial charge on any atom is 0.267 e. The van der Waals surface area contributed by atoms with Gasteiger partial charge in [0.05, 0.1) is 24.9 Å². The predicted molar refractivity (Wildman–Crippen MR) is 107 cm³/mol. The van der Waals surface area contributed by atoms with E-state index in [1.807, 2.05) is 54.0 Å². The monoisotopic (exact) mass is 376 g/mol. The lowest BCUT2D eigenvalue weighted by Gasteiger charge is -2.20. The van der Waals surface area contributed by atoms with Crippen LogP contribution in [0.1, 0.15) is 29.0 Å². The zero-order chi connectivity index (χ0) is 19.8. The molecule has 0 fully saturated rings. The highest BCUT2D eigenvalue weighted by Crippen LogP contribution is 2.31. The number of primary amides is 1. The SMILES string of the molecule is COc1cccc([C@@H](C)n2c(C(N)=O)cnc2-c2ccc3[nH]nc(N)c3c2)c1. The lowest BCUT2D eigenvalue weighted by Crippen LogP contribution is -2.20. The van der Waals surface area contributed by atoms with E-state index in [0.29, 0.717) is 17.3 Å². The number of hydrogen-bond acceptors (Lipinski definition) is 5. The third-order valence-electron chi connectivity index (χ3n) is 4.86. The summed E-state index contributed by atoms with van der Waals surface area (Å²) >= 11 is 0. The molecule has 0 saturated carbocycles. The summed E-state index contributed by atoms with van der Waals surface area (Å²) in [6.45, 7) is 1.98. The maximum absolute atomic E-state index is 12.1. The number of H-pyrrole nitrogens is 1. The van der Waals surface area contributed by atoms with Gasteiger partial charge in [-0.15, -0.1) is 0 Å². The summed E-state index contributed by atoms with van der Waals surface area (Å²) in [5, 5.41) is 7.69. The van der Waals surface area contributed by atoms with Crippen LogP contribution in [-0.2, 0) is 0 Å². The maximum atomic E-state index is 12.1. The number of ether oxygens (including phenoxy) is 1. The second-order valence-corrected chi connectivity index (χ2v) is 6.52. The third-order valence-corrected chi connectivity index (χ3v) is 4.86. The fraction of sp³-hybridized carbons (Fsp3) is 0.150. The van der Waals surface area contributed by atoms with Crippen molar-refractivity contribution in [2.75, 3.05) is 12.8 Å². The third kappa shape index (κ3) is 2.84. The Morgan fingerprint density at radius 1 is 1.25 bits per heavy atom. The minimum atomic E-state index is -0.544. The van der Waals surface area contributed by atoms with Gasteiger partial charge in [-0.05, 0) is 42.8 Å². The number of carbonyl (C=O) groups is 1. The standard InChI is InChI=1S/C20H20N6O2/c1-11(12-4-3-5-14(8-12)28-2)26-17(19(22)27)10-23-20(26)13-6-7-16-15(9-13)18(21)25-24-16/h3-11H,1-2H3,(H2,22,27)(H3,21,24,25)/t11-/m1/s1. The molecule has 0 bridgehead atoms. The van der Waals surface area contributed by atoms with Crippen molar-refractivity contribution < 1.29 is 9.53 Å². The van der Waals surface area contributed by atoms with Gasteiger partial charge in [0.2, 0.25) is 0 Å². The first-order valence-electron chi connectivity index (χ1n) is 8.74. The molecule has 8 heteroatoms. The average molecular weight is 376 g/mol. The highest BCUT2D eigenvalue weighted by atomic mass is 16.5. The van der Waals surface area contributed by atoms with Gasteiger partial charge in [0.1, 0.15) is 17.3 Å². The molecule has 4 rings (SSSR count). The van der Waals surface area contributed by atoms with E-state index in [4.69, 9.17) is 16.2 Å². The van der Waals surface area contributed by atoms with Crippen molar-refractivity contribution in [1.29, 1.82) is 0 Å². The minimum absolute atomic E-state index is 0.201. The molecular weight excluding hydrogens is 356 g/mol. The number of benzene rings is 2. The summed E-state index contributed by atoms with van der Waals surface area (Å²) in [7, 11) is 1.62. The molecule has 1 atom stereocenters. The fourth-order valence-corrected chi connectivity index (χ4v) is 3.37. The normalized spacial score (nSPS) is 12.2. The summed E-state index contributed by atoms with van der Waals surface area (Å²) in [6, 6.07) is 13.2. The molecule has 2 heterocycles. The van der Waals surface area contributed by atoms with Gasteiger partial charge < -0.3 is 20.8 Å². The van der Waals surface area contributed by atoms with E-state index in [0.717, 1.165) is 27.8 Å². The molecule has 0 unspecified atom stereocenters. The number of nitrogens with one attached hydrogen (secondary N) is 1. The average Bonchev–Trinajstić information content (AvgIpc) is 3.31. The number of imidazole rings is 1. The van der Waals surface area contributed by atoms with Crippen molar-refractivity contribution in [2.24, 2.45) is 5.73 Å². The van der Waals surface area contributed by atoms with E-state index < -0.39 is 5.91 Å². The molecule has 0 radical (unpaired) electrons. The van der Waals surface area contributed by atoms with Crippen molar-refractivity contribution in [2.45, 2.75) is 13.0 Å². The van der Waals surface area contributed by atoms with E-state index >= 15 is 0 Å². The van der Waals surface area contributed by atoms with Crippen molar-refractivity contribution in [3.8, 4) is 17.1 Å². The summed E-state index contributed by atoms with van der Waals surface area (Å²) in [5.41, 5.74) is 14.5. The molecule has 28 heavy (non-hydrogen) atoms. The van der Waals surface area contributed by atoms with Gasteiger partial charge in [0.15, 0.2) is 5.82 Å². The highest BCUT2D eigenvalue weighted by Gasteiger charge is 2.22. The molecule has 5 N–H and O–H groups in total. The molecule has 0 aliphatic rings. The summed E-state index contributed by atoms with van der Waals surface area (Å²) in [5.74, 6) is 1.22. The Bertz CT molecular complexity index is 1180. The number of anilines is 1. The van der Waals surface area contributed by atoms with Gasteiger partial charge in [-0.25, -0.2) is 4.98 Å². The zero-order valence-electron chi connectivity index (χ0n) is 15.5. The van der Waals surface area contributed by atoms with Gasteiger partial charge in [0.25, 0.3) is 5.91 Å². The number of nitrogen functional groups attached to an aromatic ring is 1. The second-order valence-electron chi connectivity index (χ2n) is 6.52. The van der Waals surface area contributed by atoms with Crippen LogP contribution in [0.2, 0.25) is 0 Å². The molecule has 2 aromatic heterocycles. The first-order valence-corrected chi connectivity index (χ1v) is 8.74. The fourth-order valence-electron chi connectivity index (χ4n) is 3.37. The van der Waals surface area contributed by atoms with Crippen LogP contribution in [0, 0.1) is 0 Å². The number of nitrogens with zero attached hydrogens (tertiary/aromatic N) is 3. The van der Waals surface area contributed by atoms with E-state index in [9.17, 15) is 4.79 Å². The Labute approximate surface area is 161 Å². The van der Waals surface area contributed by atoms with Crippen molar-refractivity contribution in [3.63, 3.8) is 0 Å². The molecule has 0 spiro atoms. The quantitative estimate of drug-likeness (QED) is 0.494. The van der Waals surface area contributed by atoms with Gasteiger partial charge in [-0.2, -0.15) is 5.10 Å². The van der Waals surface area contributed by atoms with Gasteiger partial charge in [-0.1, -0.05) is 12.1 Å². The summed E-state index contributed by atoms with van der Waals surface area (Å²) < 4.78 is 7.15. The number of rotatable bonds is 5. The van der Waals surface area contributed by atoms with E-state index in [1.54, 1.807) is 7.11 Å². The topological polar surface area (TPSA) is 125 Å². The lowest BCUT2D eigenvalue weighted by atomic mass is 10.1. The lowest BCUT2D eigenvalue weighted by molar-refractivity contribution is 0.0990. The summed E-state index contributed by atoms with van der Waals surface area (Å²) in [4.78, 5) is 16.5. The Morgan fingerprint density at radius 2 is 2.07 bits per heavy atom. The first-order chi connectivity index (χ1) is 13.5. The molecule has 0 aliphatic heterocycles. The number of hydrogen-bond donors (Lipinski definition) is 3. The van der Waals surface area contributed by atoms with Crippen molar-refractivity contribution in [3.05, 3.63) is 59.9 Å². The largest absolute Gasteiger partial charge is 0.497 e. The van der Waals surface area contributed by atoms with Crippen LogP contribution < -0.4 is 16.2 Å². The minimum Gasteiger partial charge on any atom is -0.497 e. The Kier molecular flexibility index (Phi) is 4.23. The molecule has 8 nitrogen and oxygen atoms in total. The number of aromatic amines is 1. The van der Waals surface area contributed by atoms with E-state index in [1.165, 1.54) is 6.20 Å². The molecule has 2 aromatic carbocycles. The molecule has 0 saturated heterocycles. The van der Waals surface area contributed by atoms with Crippen LogP contribution in [0.5, 0.6) is 5.75 Å². The van der Waals surface area contributed by atoms with Gasteiger partial charge >= 0.3 is 0 Å². The predicted octanol–water partition coefficient (Wildman–Crippen LogP) is 2.73. The van der Waals surface area contributed by atoms with Crippen LogP contribution in [0.3, 0.4) is 0 Å². The molecule has 4 aromatic rings. The Morgan fingerprint density at radius 3 is 2.82 bits per heavy atom.